The van der Waals surface area contributed by atoms with Crippen molar-refractivity contribution in [3.63, 3.8) is 0 Å². The van der Waals surface area contributed by atoms with Crippen molar-refractivity contribution in [1.29, 1.82) is 0 Å². The highest BCUT2D eigenvalue weighted by molar-refractivity contribution is 6.07. The fraction of sp³-hybridized carbons (Fsp3) is 0.222. The molecule has 4 aromatic carbocycles. The maximum atomic E-state index is 14.1. The number of carbonyl (C=O) groups excluding carboxylic acids is 2. The molecule has 6 rings (SSSR count). The van der Waals surface area contributed by atoms with E-state index in [9.17, 15) is 9.59 Å². The topological polar surface area (TPSA) is 86.3 Å². The summed E-state index contributed by atoms with van der Waals surface area (Å²) in [7, 11) is 1.63. The van der Waals surface area contributed by atoms with E-state index in [0.29, 0.717) is 35.8 Å². The van der Waals surface area contributed by atoms with E-state index in [4.69, 9.17) is 18.9 Å². The normalized spacial score (nSPS) is 16.7. The van der Waals surface area contributed by atoms with Crippen LogP contribution in [-0.4, -0.2) is 36.7 Å². The Morgan fingerprint density at radius 3 is 2.34 bits per heavy atom. The summed E-state index contributed by atoms with van der Waals surface area (Å²) in [6.45, 7) is 4.51. The standard InChI is InChI=1S/C36H34N2O6/c1-23-16-27(14-15-31(23)41-3)17-29-36(40)38(20-25-10-6-4-7-11-25)30(35(39)37-29)18-28-19-32-34(44-22-43-32)24(2)33(28)42-21-26-12-8-5-9-13-26/h4-16,18-19,29H,17,20-22H2,1-3H3,(H,37,39)/b30-18-. The van der Waals surface area contributed by atoms with E-state index >= 15 is 0 Å². The number of fused-ring (bicyclic) bond motifs is 1. The van der Waals surface area contributed by atoms with Crippen LogP contribution in [-0.2, 0) is 29.2 Å². The van der Waals surface area contributed by atoms with Crippen molar-refractivity contribution < 1.29 is 28.5 Å². The molecule has 0 spiro atoms. The van der Waals surface area contributed by atoms with Crippen molar-refractivity contribution in [1.82, 2.24) is 10.2 Å². The molecule has 1 atom stereocenters. The molecule has 224 valence electrons. The summed E-state index contributed by atoms with van der Waals surface area (Å²) in [4.78, 5) is 29.5. The maximum Gasteiger partial charge on any atom is 0.268 e. The van der Waals surface area contributed by atoms with Crippen LogP contribution in [0.3, 0.4) is 0 Å². The molecule has 0 bridgehead atoms. The van der Waals surface area contributed by atoms with Crippen LogP contribution in [0.4, 0.5) is 0 Å². The minimum absolute atomic E-state index is 0.0972. The van der Waals surface area contributed by atoms with Crippen LogP contribution in [0.1, 0.15) is 33.4 Å². The predicted octanol–water partition coefficient (Wildman–Crippen LogP) is 5.73. The van der Waals surface area contributed by atoms with Gasteiger partial charge in [-0.1, -0.05) is 72.8 Å². The number of piperazine rings is 1. The number of benzene rings is 4. The Bertz CT molecular complexity index is 1720. The summed E-state index contributed by atoms with van der Waals surface area (Å²) < 4.78 is 23.2. The number of ether oxygens (including phenoxy) is 4. The second kappa shape index (κ2) is 12.6. The van der Waals surface area contributed by atoms with E-state index in [1.807, 2.05) is 92.7 Å². The van der Waals surface area contributed by atoms with Crippen molar-refractivity contribution in [2.75, 3.05) is 13.9 Å². The molecule has 0 saturated carbocycles. The largest absolute Gasteiger partial charge is 0.496 e. The zero-order valence-electron chi connectivity index (χ0n) is 25.0. The smallest absolute Gasteiger partial charge is 0.268 e. The third-order valence-electron chi connectivity index (χ3n) is 7.87. The fourth-order valence-corrected chi connectivity index (χ4v) is 5.63. The lowest BCUT2D eigenvalue weighted by Gasteiger charge is -2.35. The molecule has 0 aliphatic carbocycles. The summed E-state index contributed by atoms with van der Waals surface area (Å²) in [6.07, 6.45) is 2.06. The average Bonchev–Trinajstić information content (AvgIpc) is 3.51. The molecule has 4 aromatic rings. The Morgan fingerprint density at radius 1 is 0.909 bits per heavy atom. The molecular formula is C36H34N2O6. The van der Waals surface area contributed by atoms with E-state index < -0.39 is 6.04 Å². The summed E-state index contributed by atoms with van der Waals surface area (Å²) in [5, 5.41) is 2.97. The van der Waals surface area contributed by atoms with Gasteiger partial charge in [0.05, 0.1) is 13.7 Å². The summed E-state index contributed by atoms with van der Waals surface area (Å²) >= 11 is 0. The number of methoxy groups -OCH3 is 1. The number of carbonyl (C=O) groups is 2. The quantitative estimate of drug-likeness (QED) is 0.251. The van der Waals surface area contributed by atoms with Gasteiger partial charge in [0.1, 0.15) is 29.8 Å². The molecule has 2 heterocycles. The first-order chi connectivity index (χ1) is 21.4. The monoisotopic (exact) mass is 590 g/mol. The highest BCUT2D eigenvalue weighted by Gasteiger charge is 2.37. The number of aryl methyl sites for hydroxylation is 1. The van der Waals surface area contributed by atoms with Crippen molar-refractivity contribution in [3.05, 3.63) is 124 Å². The van der Waals surface area contributed by atoms with Gasteiger partial charge in [-0.3, -0.25) is 9.59 Å². The molecular weight excluding hydrogens is 556 g/mol. The van der Waals surface area contributed by atoms with Gasteiger partial charge in [-0.2, -0.15) is 0 Å². The highest BCUT2D eigenvalue weighted by atomic mass is 16.7. The van der Waals surface area contributed by atoms with Gasteiger partial charge in [-0.25, -0.2) is 0 Å². The van der Waals surface area contributed by atoms with E-state index in [1.165, 1.54) is 0 Å². The zero-order chi connectivity index (χ0) is 30.6. The maximum absolute atomic E-state index is 14.1. The van der Waals surface area contributed by atoms with Crippen LogP contribution in [0, 0.1) is 13.8 Å². The molecule has 1 fully saturated rings. The average molecular weight is 591 g/mol. The lowest BCUT2D eigenvalue weighted by Crippen LogP contribution is -2.57. The highest BCUT2D eigenvalue weighted by Crippen LogP contribution is 2.44. The summed E-state index contributed by atoms with van der Waals surface area (Å²) in [5.41, 5.74) is 5.39. The summed E-state index contributed by atoms with van der Waals surface area (Å²) in [5.74, 6) is 1.95. The first-order valence-corrected chi connectivity index (χ1v) is 14.5. The molecule has 0 radical (unpaired) electrons. The lowest BCUT2D eigenvalue weighted by atomic mass is 9.98. The van der Waals surface area contributed by atoms with Gasteiger partial charge in [-0.15, -0.1) is 0 Å². The van der Waals surface area contributed by atoms with Crippen molar-refractivity contribution in [2.24, 2.45) is 0 Å². The van der Waals surface area contributed by atoms with Gasteiger partial charge in [0.15, 0.2) is 11.5 Å². The van der Waals surface area contributed by atoms with Crippen LogP contribution in [0.15, 0.2) is 90.6 Å². The van der Waals surface area contributed by atoms with Crippen LogP contribution >= 0.6 is 0 Å². The Morgan fingerprint density at radius 2 is 1.64 bits per heavy atom. The van der Waals surface area contributed by atoms with Crippen molar-refractivity contribution >= 4 is 17.9 Å². The SMILES string of the molecule is COc1ccc(CC2NC(=O)/C(=C/c3cc4c(c(C)c3OCc3ccccc3)OCO4)N(Cc3ccccc3)C2=O)cc1C. The molecule has 2 amide bonds. The van der Waals surface area contributed by atoms with E-state index in [1.54, 1.807) is 24.2 Å². The van der Waals surface area contributed by atoms with Crippen LogP contribution in [0.2, 0.25) is 0 Å². The van der Waals surface area contributed by atoms with Crippen LogP contribution in [0.5, 0.6) is 23.0 Å². The molecule has 8 nitrogen and oxygen atoms in total. The molecule has 1 saturated heterocycles. The second-order valence-electron chi connectivity index (χ2n) is 10.9. The van der Waals surface area contributed by atoms with Gasteiger partial charge >= 0.3 is 0 Å². The Kier molecular flexibility index (Phi) is 8.23. The fourth-order valence-electron chi connectivity index (χ4n) is 5.63. The van der Waals surface area contributed by atoms with Gasteiger partial charge in [0, 0.05) is 17.5 Å². The molecule has 2 aliphatic rings. The van der Waals surface area contributed by atoms with Crippen LogP contribution < -0.4 is 24.3 Å². The number of hydrogen-bond donors (Lipinski definition) is 1. The van der Waals surface area contributed by atoms with Gasteiger partial charge < -0.3 is 29.2 Å². The van der Waals surface area contributed by atoms with Gasteiger partial charge in [0.25, 0.3) is 5.91 Å². The van der Waals surface area contributed by atoms with E-state index in [0.717, 1.165) is 33.6 Å². The molecule has 0 aromatic heterocycles. The Hall–Kier alpha value is -5.24. The van der Waals surface area contributed by atoms with Crippen molar-refractivity contribution in [2.45, 2.75) is 39.5 Å². The minimum atomic E-state index is -0.733. The van der Waals surface area contributed by atoms with Crippen LogP contribution in [0.25, 0.3) is 6.08 Å². The third-order valence-corrected chi connectivity index (χ3v) is 7.87. The molecule has 8 heteroatoms. The molecule has 2 aliphatic heterocycles. The first kappa shape index (κ1) is 28.9. The molecule has 44 heavy (non-hydrogen) atoms. The number of rotatable bonds is 9. The number of hydrogen-bond acceptors (Lipinski definition) is 6. The minimum Gasteiger partial charge on any atom is -0.496 e. The molecule has 1 unspecified atom stereocenters. The molecule has 1 N–H and O–H groups in total. The van der Waals surface area contributed by atoms with E-state index in [-0.39, 0.29) is 30.8 Å². The predicted molar refractivity (Wildman–Crippen MR) is 166 cm³/mol. The second-order valence-corrected chi connectivity index (χ2v) is 10.9. The van der Waals surface area contributed by atoms with E-state index in [2.05, 4.69) is 5.32 Å². The van der Waals surface area contributed by atoms with Gasteiger partial charge in [0.2, 0.25) is 12.7 Å². The Balaban J connectivity index is 1.37. The number of nitrogens with one attached hydrogen (secondary N) is 1. The van der Waals surface area contributed by atoms with Crippen molar-refractivity contribution in [3.8, 4) is 23.0 Å². The number of amides is 2. The van der Waals surface area contributed by atoms with Gasteiger partial charge in [-0.05, 0) is 54.3 Å². The lowest BCUT2D eigenvalue weighted by molar-refractivity contribution is -0.140. The first-order valence-electron chi connectivity index (χ1n) is 14.5. The third kappa shape index (κ3) is 5.97. The Labute approximate surface area is 256 Å². The zero-order valence-corrected chi connectivity index (χ0v) is 25.0. The number of nitrogens with zero attached hydrogens (tertiary/aromatic N) is 1. The summed E-state index contributed by atoms with van der Waals surface area (Å²) in [6, 6.07) is 26.3.